The summed E-state index contributed by atoms with van der Waals surface area (Å²) in [6, 6.07) is 8.22. The van der Waals surface area contributed by atoms with Crippen LogP contribution in [0, 0.1) is 5.92 Å². The second-order valence-corrected chi connectivity index (χ2v) is 7.62. The highest BCUT2D eigenvalue weighted by Crippen LogP contribution is 2.25. The molecule has 1 saturated heterocycles. The van der Waals surface area contributed by atoms with Crippen molar-refractivity contribution in [3.8, 4) is 0 Å². The molecule has 0 aliphatic carbocycles. The van der Waals surface area contributed by atoms with Gasteiger partial charge in [0.05, 0.1) is 6.54 Å². The van der Waals surface area contributed by atoms with Gasteiger partial charge in [-0.05, 0) is 81.4 Å². The zero-order valence-corrected chi connectivity index (χ0v) is 15.4. The first-order valence-electron chi connectivity index (χ1n) is 9.59. The predicted molar refractivity (Wildman–Crippen MR) is 104 cm³/mol. The van der Waals surface area contributed by atoms with E-state index >= 15 is 0 Å². The van der Waals surface area contributed by atoms with Crippen molar-refractivity contribution in [2.24, 2.45) is 5.92 Å². The van der Waals surface area contributed by atoms with Gasteiger partial charge in [-0.3, -0.25) is 14.6 Å². The lowest BCUT2D eigenvalue weighted by molar-refractivity contribution is -0.118. The van der Waals surface area contributed by atoms with Crippen LogP contribution >= 0.6 is 0 Å². The first kappa shape index (κ1) is 18.2. The van der Waals surface area contributed by atoms with E-state index in [4.69, 9.17) is 5.73 Å². The van der Waals surface area contributed by atoms with Crippen molar-refractivity contribution in [1.29, 1.82) is 0 Å². The molecule has 1 fully saturated rings. The van der Waals surface area contributed by atoms with Gasteiger partial charge in [0, 0.05) is 18.8 Å². The summed E-state index contributed by atoms with van der Waals surface area (Å²) in [6.45, 7) is 7.88. The molecule has 0 spiro atoms. The maximum absolute atomic E-state index is 11.2. The van der Waals surface area contributed by atoms with Crippen molar-refractivity contribution in [2.75, 3.05) is 45.0 Å². The zero-order valence-electron chi connectivity index (χ0n) is 15.4. The van der Waals surface area contributed by atoms with Crippen LogP contribution in [0.1, 0.15) is 38.2 Å². The van der Waals surface area contributed by atoms with E-state index in [1.165, 1.54) is 36.9 Å². The van der Waals surface area contributed by atoms with E-state index in [0.717, 1.165) is 44.2 Å². The van der Waals surface area contributed by atoms with E-state index in [1.807, 2.05) is 12.1 Å². The Morgan fingerprint density at radius 3 is 2.64 bits per heavy atom. The van der Waals surface area contributed by atoms with Crippen LogP contribution in [0.3, 0.4) is 0 Å². The zero-order chi connectivity index (χ0) is 17.6. The van der Waals surface area contributed by atoms with E-state index in [-0.39, 0.29) is 5.78 Å². The monoisotopic (exact) mass is 341 g/mol. The molecular weight excluding hydrogens is 310 g/mol. The lowest BCUT2D eigenvalue weighted by atomic mass is 9.92. The molecule has 2 aliphatic heterocycles. The average molecular weight is 341 g/mol. The quantitative estimate of drug-likeness (QED) is 0.808. The molecular formula is C21H31N3O. The molecule has 0 bridgehead atoms. The Labute approximate surface area is 151 Å². The van der Waals surface area contributed by atoms with Crippen LogP contribution in [0.2, 0.25) is 0 Å². The first-order chi connectivity index (χ1) is 12.1. The van der Waals surface area contributed by atoms with Gasteiger partial charge in [-0.1, -0.05) is 18.2 Å². The summed E-state index contributed by atoms with van der Waals surface area (Å²) in [5.41, 5.74) is 9.45. The van der Waals surface area contributed by atoms with Gasteiger partial charge < -0.3 is 5.73 Å². The topological polar surface area (TPSA) is 49.6 Å². The average Bonchev–Trinajstić information content (AvgIpc) is 2.61. The predicted octanol–water partition coefficient (Wildman–Crippen LogP) is 3.05. The molecule has 3 rings (SSSR count). The third-order valence-corrected chi connectivity index (χ3v) is 5.56. The number of likely N-dealkylation sites (tertiary alicyclic amines) is 1. The normalized spacial score (nSPS) is 20.4. The Hall–Kier alpha value is -1.65. The lowest BCUT2D eigenvalue weighted by Crippen LogP contribution is -2.38. The number of nitrogens with zero attached hydrogens (tertiary/aromatic N) is 2. The van der Waals surface area contributed by atoms with Gasteiger partial charge in [-0.25, -0.2) is 0 Å². The van der Waals surface area contributed by atoms with Gasteiger partial charge in [0.25, 0.3) is 0 Å². The number of hydrogen-bond acceptors (Lipinski definition) is 4. The van der Waals surface area contributed by atoms with Crippen LogP contribution in [0.5, 0.6) is 0 Å². The van der Waals surface area contributed by atoms with E-state index in [9.17, 15) is 4.79 Å². The van der Waals surface area contributed by atoms with Crippen LogP contribution in [0.15, 0.2) is 30.3 Å². The largest absolute Gasteiger partial charge is 0.399 e. The van der Waals surface area contributed by atoms with Crippen LogP contribution in [0.25, 0.3) is 5.57 Å². The standard InChI is InChI=1S/C21H31N3O/c1-17(25)16-24-11-6-18(7-12-24)5-10-23-13-8-19(9-14-23)20-3-2-4-21(22)15-20/h2-4,8,15,18H,5-7,9-14,16,22H2,1H3. The number of benzene rings is 1. The van der Waals surface area contributed by atoms with E-state index < -0.39 is 0 Å². The van der Waals surface area contributed by atoms with Gasteiger partial charge >= 0.3 is 0 Å². The van der Waals surface area contributed by atoms with Gasteiger partial charge in [-0.15, -0.1) is 0 Å². The van der Waals surface area contributed by atoms with Crippen molar-refractivity contribution in [2.45, 2.75) is 32.6 Å². The summed E-state index contributed by atoms with van der Waals surface area (Å²) in [4.78, 5) is 16.1. The Morgan fingerprint density at radius 1 is 1.20 bits per heavy atom. The number of ketones is 1. The summed E-state index contributed by atoms with van der Waals surface area (Å²) in [5, 5.41) is 0. The molecule has 4 nitrogen and oxygen atoms in total. The number of rotatable bonds is 6. The molecule has 0 amide bonds. The van der Waals surface area contributed by atoms with Gasteiger partial charge in [0.15, 0.2) is 0 Å². The SMILES string of the molecule is CC(=O)CN1CCC(CCN2CC=C(c3cccc(N)c3)CC2)CC1. The second-order valence-electron chi connectivity index (χ2n) is 7.62. The minimum atomic E-state index is 0.287. The molecule has 2 N–H and O–H groups in total. The molecule has 136 valence electrons. The molecule has 0 unspecified atom stereocenters. The fraction of sp³-hybridized carbons (Fsp3) is 0.571. The fourth-order valence-electron chi connectivity index (χ4n) is 4.03. The fourth-order valence-corrected chi connectivity index (χ4v) is 4.03. The lowest BCUT2D eigenvalue weighted by Gasteiger charge is -2.33. The highest BCUT2D eigenvalue weighted by Gasteiger charge is 2.21. The number of Topliss-reactive ketones (excluding diaryl/α,β-unsaturated/α-hetero) is 1. The first-order valence-corrected chi connectivity index (χ1v) is 9.59. The molecule has 0 radical (unpaired) electrons. The molecule has 0 aromatic heterocycles. The van der Waals surface area contributed by atoms with Crippen molar-refractivity contribution in [1.82, 2.24) is 9.80 Å². The van der Waals surface area contributed by atoms with E-state index in [1.54, 1.807) is 6.92 Å². The molecule has 2 heterocycles. The van der Waals surface area contributed by atoms with Crippen LogP contribution in [-0.4, -0.2) is 54.9 Å². The number of anilines is 1. The third-order valence-electron chi connectivity index (χ3n) is 5.56. The van der Waals surface area contributed by atoms with Crippen LogP contribution in [-0.2, 0) is 4.79 Å². The van der Waals surface area contributed by atoms with E-state index in [0.29, 0.717) is 6.54 Å². The smallest absolute Gasteiger partial charge is 0.143 e. The molecule has 1 aromatic carbocycles. The minimum absolute atomic E-state index is 0.287. The third kappa shape index (κ3) is 5.41. The molecule has 2 aliphatic rings. The van der Waals surface area contributed by atoms with Gasteiger partial charge in [0.1, 0.15) is 5.78 Å². The van der Waals surface area contributed by atoms with Crippen molar-refractivity contribution in [3.63, 3.8) is 0 Å². The number of nitrogen functional groups attached to an aromatic ring is 1. The molecule has 25 heavy (non-hydrogen) atoms. The van der Waals surface area contributed by atoms with Crippen LogP contribution in [0.4, 0.5) is 5.69 Å². The summed E-state index contributed by atoms with van der Waals surface area (Å²) in [7, 11) is 0. The Kier molecular flexibility index (Phi) is 6.27. The maximum Gasteiger partial charge on any atom is 0.143 e. The molecule has 4 heteroatoms. The Bertz CT molecular complexity index is 617. The highest BCUT2D eigenvalue weighted by molar-refractivity contribution is 5.77. The van der Waals surface area contributed by atoms with Crippen LogP contribution < -0.4 is 5.73 Å². The number of carbonyl (C=O) groups excluding carboxylic acids is 1. The highest BCUT2D eigenvalue weighted by atomic mass is 16.1. The Morgan fingerprint density at radius 2 is 2.00 bits per heavy atom. The molecule has 0 atom stereocenters. The van der Waals surface area contributed by atoms with Crippen molar-refractivity contribution in [3.05, 3.63) is 35.9 Å². The van der Waals surface area contributed by atoms with Crippen molar-refractivity contribution < 1.29 is 4.79 Å². The molecule has 0 saturated carbocycles. The number of piperidine rings is 1. The second kappa shape index (κ2) is 8.63. The van der Waals surface area contributed by atoms with Gasteiger partial charge in [0.2, 0.25) is 0 Å². The minimum Gasteiger partial charge on any atom is -0.399 e. The van der Waals surface area contributed by atoms with Crippen molar-refractivity contribution >= 4 is 17.0 Å². The summed E-state index contributed by atoms with van der Waals surface area (Å²) in [6.07, 6.45) is 7.25. The summed E-state index contributed by atoms with van der Waals surface area (Å²) >= 11 is 0. The molecule has 1 aromatic rings. The van der Waals surface area contributed by atoms with Gasteiger partial charge in [-0.2, -0.15) is 0 Å². The number of nitrogens with two attached hydrogens (primary N) is 1. The van der Waals surface area contributed by atoms with E-state index in [2.05, 4.69) is 28.0 Å². The Balaban J connectivity index is 1.40. The summed E-state index contributed by atoms with van der Waals surface area (Å²) < 4.78 is 0. The number of hydrogen-bond donors (Lipinski definition) is 1. The summed E-state index contributed by atoms with van der Waals surface area (Å²) in [5.74, 6) is 1.11. The number of carbonyl (C=O) groups is 1. The maximum atomic E-state index is 11.2.